The number of nitrogens with one attached hydrogen (secondary N) is 1. The van der Waals surface area contributed by atoms with Crippen molar-refractivity contribution in [1.29, 1.82) is 0 Å². The van der Waals surface area contributed by atoms with E-state index in [2.05, 4.69) is 5.32 Å². The number of hydrogen-bond acceptors (Lipinski definition) is 4. The molecule has 0 aromatic heterocycles. The number of hydrogen-bond donors (Lipinski definition) is 1. The third-order valence-corrected chi connectivity index (χ3v) is 5.57. The maximum atomic E-state index is 12.8. The highest BCUT2D eigenvalue weighted by Crippen LogP contribution is 2.45. The maximum absolute atomic E-state index is 12.8. The van der Waals surface area contributed by atoms with Crippen LogP contribution >= 0.6 is 0 Å². The first kappa shape index (κ1) is 19.3. The zero-order chi connectivity index (χ0) is 19.4. The summed E-state index contributed by atoms with van der Waals surface area (Å²) in [6.45, 7) is 1.72. The zero-order valence-corrected chi connectivity index (χ0v) is 15.8. The molecule has 2 aliphatic rings. The molecule has 1 aromatic carbocycles. The molecule has 6 nitrogen and oxygen atoms in total. The third-order valence-electron chi connectivity index (χ3n) is 5.57. The molecule has 0 bridgehead atoms. The summed E-state index contributed by atoms with van der Waals surface area (Å²) in [5.41, 5.74) is 0.483. The molecule has 1 saturated heterocycles. The molecule has 1 heterocycles. The van der Waals surface area contributed by atoms with E-state index in [4.69, 9.17) is 0 Å². The molecule has 2 fully saturated rings. The fraction of sp³-hybridized carbons (Fsp3) is 0.524. The first-order valence-corrected chi connectivity index (χ1v) is 9.73. The van der Waals surface area contributed by atoms with Gasteiger partial charge in [0.05, 0.1) is 12.0 Å². The normalized spacial score (nSPS) is 18.8. The number of anilines is 1. The van der Waals surface area contributed by atoms with Crippen molar-refractivity contribution >= 4 is 29.2 Å². The highest BCUT2D eigenvalue weighted by atomic mass is 16.2. The van der Waals surface area contributed by atoms with Gasteiger partial charge in [-0.2, -0.15) is 0 Å². The number of benzene rings is 1. The molecular formula is C21H26N2O4. The summed E-state index contributed by atoms with van der Waals surface area (Å²) < 4.78 is 0. The Morgan fingerprint density at radius 3 is 2.37 bits per heavy atom. The van der Waals surface area contributed by atoms with Crippen LogP contribution in [0.15, 0.2) is 24.3 Å². The summed E-state index contributed by atoms with van der Waals surface area (Å²) in [5.74, 6) is -0.749. The molecule has 1 N–H and O–H groups in total. The van der Waals surface area contributed by atoms with Crippen molar-refractivity contribution in [2.45, 2.75) is 58.3 Å². The number of carbonyl (C=O) groups excluding carboxylic acids is 4. The van der Waals surface area contributed by atoms with Gasteiger partial charge in [0.1, 0.15) is 0 Å². The van der Waals surface area contributed by atoms with E-state index in [-0.39, 0.29) is 36.5 Å². The number of likely N-dealkylation sites (tertiary alicyclic amines) is 1. The van der Waals surface area contributed by atoms with Crippen LogP contribution in [0, 0.1) is 5.41 Å². The summed E-state index contributed by atoms with van der Waals surface area (Å²) in [5, 5.41) is 2.77. The van der Waals surface area contributed by atoms with E-state index >= 15 is 0 Å². The third kappa shape index (κ3) is 4.10. The van der Waals surface area contributed by atoms with Crippen LogP contribution in [-0.4, -0.2) is 34.9 Å². The Morgan fingerprint density at radius 1 is 1.07 bits per heavy atom. The molecule has 144 valence electrons. The molecule has 6 heteroatoms. The van der Waals surface area contributed by atoms with Crippen LogP contribution in [0.2, 0.25) is 0 Å². The van der Waals surface area contributed by atoms with Crippen molar-refractivity contribution in [2.24, 2.45) is 5.41 Å². The maximum Gasteiger partial charge on any atom is 0.236 e. The zero-order valence-electron chi connectivity index (χ0n) is 15.8. The van der Waals surface area contributed by atoms with Crippen molar-refractivity contribution in [1.82, 2.24) is 4.90 Å². The van der Waals surface area contributed by atoms with Crippen LogP contribution in [0.1, 0.15) is 68.6 Å². The second-order valence-electron chi connectivity index (χ2n) is 7.60. The number of amides is 3. The Balaban J connectivity index is 1.64. The van der Waals surface area contributed by atoms with Gasteiger partial charge in [-0.1, -0.05) is 26.2 Å². The van der Waals surface area contributed by atoms with E-state index in [9.17, 15) is 19.2 Å². The summed E-state index contributed by atoms with van der Waals surface area (Å²) >= 11 is 0. The van der Waals surface area contributed by atoms with Gasteiger partial charge in [0.25, 0.3) is 0 Å². The molecule has 1 aromatic rings. The minimum absolute atomic E-state index is 0.0670. The molecule has 1 aliphatic carbocycles. The Morgan fingerprint density at radius 2 is 1.74 bits per heavy atom. The number of carbonyl (C=O) groups is 4. The van der Waals surface area contributed by atoms with Gasteiger partial charge in [-0.15, -0.1) is 0 Å². The molecule has 0 atom stereocenters. The van der Waals surface area contributed by atoms with Crippen LogP contribution < -0.4 is 5.32 Å². The standard InChI is InChI=1S/C21H26N2O4/c1-2-6-18(25)22-16-9-7-15(8-10-16)17(24)14-23-19(26)13-21(20(23)27)11-4-3-5-12-21/h7-10H,2-6,11-14H2,1H3,(H,22,25). The highest BCUT2D eigenvalue weighted by molar-refractivity contribution is 6.10. The lowest BCUT2D eigenvalue weighted by atomic mass is 9.73. The van der Waals surface area contributed by atoms with E-state index in [1.54, 1.807) is 24.3 Å². The van der Waals surface area contributed by atoms with E-state index in [0.29, 0.717) is 17.7 Å². The van der Waals surface area contributed by atoms with Crippen LogP contribution in [0.4, 0.5) is 5.69 Å². The van der Waals surface area contributed by atoms with E-state index in [1.807, 2.05) is 6.92 Å². The average molecular weight is 370 g/mol. The monoisotopic (exact) mass is 370 g/mol. The number of imide groups is 1. The van der Waals surface area contributed by atoms with E-state index < -0.39 is 5.41 Å². The number of rotatable bonds is 6. The first-order valence-electron chi connectivity index (χ1n) is 9.73. The summed E-state index contributed by atoms with van der Waals surface area (Å²) in [4.78, 5) is 50.5. The second-order valence-corrected chi connectivity index (χ2v) is 7.60. The molecule has 3 rings (SSSR count). The quantitative estimate of drug-likeness (QED) is 0.615. The fourth-order valence-electron chi connectivity index (χ4n) is 4.06. The summed E-state index contributed by atoms with van der Waals surface area (Å²) in [7, 11) is 0. The molecule has 1 aliphatic heterocycles. The van der Waals surface area contributed by atoms with Crippen molar-refractivity contribution in [3.8, 4) is 0 Å². The van der Waals surface area contributed by atoms with Crippen LogP contribution in [-0.2, 0) is 14.4 Å². The first-order chi connectivity index (χ1) is 12.9. The fourth-order valence-corrected chi connectivity index (χ4v) is 4.06. The molecule has 0 radical (unpaired) electrons. The minimum atomic E-state index is -0.566. The largest absolute Gasteiger partial charge is 0.326 e. The molecular weight excluding hydrogens is 344 g/mol. The average Bonchev–Trinajstić information content (AvgIpc) is 2.87. The minimum Gasteiger partial charge on any atom is -0.326 e. The van der Waals surface area contributed by atoms with Gasteiger partial charge in [-0.05, 0) is 43.5 Å². The Labute approximate surface area is 159 Å². The van der Waals surface area contributed by atoms with Gasteiger partial charge in [0, 0.05) is 24.1 Å². The molecule has 3 amide bonds. The lowest BCUT2D eigenvalue weighted by molar-refractivity contribution is -0.141. The Hall–Kier alpha value is -2.50. The van der Waals surface area contributed by atoms with Gasteiger partial charge in [-0.25, -0.2) is 0 Å². The molecule has 27 heavy (non-hydrogen) atoms. The molecule has 0 unspecified atom stereocenters. The topological polar surface area (TPSA) is 83.6 Å². The van der Waals surface area contributed by atoms with Crippen molar-refractivity contribution < 1.29 is 19.2 Å². The lowest BCUT2D eigenvalue weighted by Gasteiger charge is -2.30. The number of nitrogens with zero attached hydrogens (tertiary/aromatic N) is 1. The van der Waals surface area contributed by atoms with Gasteiger partial charge < -0.3 is 5.32 Å². The Bertz CT molecular complexity index is 748. The van der Waals surface area contributed by atoms with Crippen LogP contribution in [0.5, 0.6) is 0 Å². The summed E-state index contributed by atoms with van der Waals surface area (Å²) in [6.07, 6.45) is 5.97. The van der Waals surface area contributed by atoms with E-state index in [1.165, 1.54) is 0 Å². The number of Topliss-reactive ketones (excluding diaryl/α,β-unsaturated/α-hetero) is 1. The van der Waals surface area contributed by atoms with Gasteiger partial charge in [0.15, 0.2) is 5.78 Å². The van der Waals surface area contributed by atoms with Crippen molar-refractivity contribution in [2.75, 3.05) is 11.9 Å². The van der Waals surface area contributed by atoms with Crippen LogP contribution in [0.3, 0.4) is 0 Å². The van der Waals surface area contributed by atoms with Crippen LogP contribution in [0.25, 0.3) is 0 Å². The Kier molecular flexibility index (Phi) is 5.73. The predicted octanol–water partition coefficient (Wildman–Crippen LogP) is 3.32. The lowest BCUT2D eigenvalue weighted by Crippen LogP contribution is -2.39. The smallest absolute Gasteiger partial charge is 0.236 e. The molecule has 1 spiro atoms. The molecule has 1 saturated carbocycles. The summed E-state index contributed by atoms with van der Waals surface area (Å²) in [6, 6.07) is 6.56. The van der Waals surface area contributed by atoms with Gasteiger partial charge in [0.2, 0.25) is 17.7 Å². The van der Waals surface area contributed by atoms with Gasteiger partial charge in [-0.3, -0.25) is 24.1 Å². The predicted molar refractivity (Wildman–Crippen MR) is 101 cm³/mol. The second kappa shape index (κ2) is 8.03. The van der Waals surface area contributed by atoms with Crippen molar-refractivity contribution in [3.63, 3.8) is 0 Å². The van der Waals surface area contributed by atoms with E-state index in [0.717, 1.165) is 43.4 Å². The van der Waals surface area contributed by atoms with Gasteiger partial charge >= 0.3 is 0 Å². The van der Waals surface area contributed by atoms with Crippen molar-refractivity contribution in [3.05, 3.63) is 29.8 Å². The highest BCUT2D eigenvalue weighted by Gasteiger charge is 2.51. The SMILES string of the molecule is CCCC(=O)Nc1ccc(C(=O)CN2C(=O)CC3(CCCCC3)C2=O)cc1. The number of ketones is 1.